The second-order valence-corrected chi connectivity index (χ2v) is 7.03. The highest BCUT2D eigenvalue weighted by atomic mass is 16.5. The maximum atomic E-state index is 12.8. The molecule has 8 heteroatoms. The predicted octanol–water partition coefficient (Wildman–Crippen LogP) is 1.44. The first-order chi connectivity index (χ1) is 13.7. The van der Waals surface area contributed by atoms with E-state index in [0.717, 1.165) is 19.4 Å². The number of pyridine rings is 1. The van der Waals surface area contributed by atoms with E-state index in [-0.39, 0.29) is 17.6 Å². The van der Waals surface area contributed by atoms with Crippen LogP contribution in [0.15, 0.2) is 36.8 Å². The summed E-state index contributed by atoms with van der Waals surface area (Å²) >= 11 is 0. The minimum absolute atomic E-state index is 0.0545. The molecule has 28 heavy (non-hydrogen) atoms. The molecular formula is C20H23N5O3. The molecule has 4 heterocycles. The van der Waals surface area contributed by atoms with Crippen molar-refractivity contribution in [2.75, 3.05) is 44.3 Å². The normalized spacial score (nSPS) is 20.1. The van der Waals surface area contributed by atoms with Gasteiger partial charge in [0.15, 0.2) is 5.78 Å². The number of piperidine rings is 1. The van der Waals surface area contributed by atoms with Crippen LogP contribution in [0.25, 0.3) is 0 Å². The molecule has 4 rings (SSSR count). The number of rotatable bonds is 4. The summed E-state index contributed by atoms with van der Waals surface area (Å²) in [5, 5.41) is 0. The first-order valence-corrected chi connectivity index (χ1v) is 9.61. The maximum Gasteiger partial charge on any atom is 0.274 e. The van der Waals surface area contributed by atoms with Gasteiger partial charge in [-0.1, -0.05) is 6.07 Å². The molecule has 0 saturated carbocycles. The van der Waals surface area contributed by atoms with E-state index in [9.17, 15) is 9.59 Å². The number of carbonyl (C=O) groups excluding carboxylic acids is 2. The molecule has 2 saturated heterocycles. The third kappa shape index (κ3) is 4.01. The fourth-order valence-electron chi connectivity index (χ4n) is 3.66. The summed E-state index contributed by atoms with van der Waals surface area (Å²) in [6, 6.07) is 5.38. The average Bonchev–Trinajstić information content (AvgIpc) is 2.79. The number of morpholine rings is 1. The fraction of sp³-hybridized carbons (Fsp3) is 0.450. The summed E-state index contributed by atoms with van der Waals surface area (Å²) in [5.41, 5.74) is 0.828. The summed E-state index contributed by atoms with van der Waals surface area (Å²) in [6.45, 7) is 3.56. The lowest BCUT2D eigenvalue weighted by Crippen LogP contribution is -2.42. The van der Waals surface area contributed by atoms with Crippen LogP contribution in [0.5, 0.6) is 0 Å². The van der Waals surface area contributed by atoms with Crippen LogP contribution in [0.3, 0.4) is 0 Å². The Balaban J connectivity index is 1.48. The lowest BCUT2D eigenvalue weighted by Gasteiger charge is -2.33. The van der Waals surface area contributed by atoms with Crippen LogP contribution >= 0.6 is 0 Å². The molecule has 1 unspecified atom stereocenters. The summed E-state index contributed by atoms with van der Waals surface area (Å²) in [5.74, 6) is 0.427. The van der Waals surface area contributed by atoms with E-state index >= 15 is 0 Å². The zero-order valence-electron chi connectivity index (χ0n) is 15.7. The molecule has 2 aliphatic heterocycles. The molecule has 2 aromatic heterocycles. The van der Waals surface area contributed by atoms with Gasteiger partial charge in [-0.25, -0.2) is 4.98 Å². The van der Waals surface area contributed by atoms with Crippen LogP contribution in [-0.2, 0) is 4.74 Å². The second-order valence-electron chi connectivity index (χ2n) is 7.03. The van der Waals surface area contributed by atoms with Gasteiger partial charge in [0.05, 0.1) is 25.6 Å². The van der Waals surface area contributed by atoms with Crippen molar-refractivity contribution in [3.8, 4) is 0 Å². The fourth-order valence-corrected chi connectivity index (χ4v) is 3.66. The van der Waals surface area contributed by atoms with E-state index in [1.54, 1.807) is 29.4 Å². The highest BCUT2D eigenvalue weighted by molar-refractivity contribution is 5.96. The van der Waals surface area contributed by atoms with Crippen molar-refractivity contribution in [3.63, 3.8) is 0 Å². The SMILES string of the molecule is O=C(c1ccccn1)C1CCCN(c2cncc(C(=O)N3CCOCC3)n2)C1. The third-order valence-corrected chi connectivity index (χ3v) is 5.17. The average molecular weight is 381 g/mol. The van der Waals surface area contributed by atoms with Crippen LogP contribution in [0.1, 0.15) is 33.8 Å². The highest BCUT2D eigenvalue weighted by Crippen LogP contribution is 2.24. The van der Waals surface area contributed by atoms with Crippen molar-refractivity contribution in [1.82, 2.24) is 19.9 Å². The van der Waals surface area contributed by atoms with E-state index in [1.165, 1.54) is 6.20 Å². The van der Waals surface area contributed by atoms with Gasteiger partial charge in [-0.2, -0.15) is 0 Å². The molecule has 0 bridgehead atoms. The lowest BCUT2D eigenvalue weighted by atomic mass is 9.92. The molecule has 0 aliphatic carbocycles. The molecule has 8 nitrogen and oxygen atoms in total. The zero-order chi connectivity index (χ0) is 19.3. The van der Waals surface area contributed by atoms with Crippen molar-refractivity contribution < 1.29 is 14.3 Å². The van der Waals surface area contributed by atoms with Gasteiger partial charge in [-0.05, 0) is 25.0 Å². The summed E-state index contributed by atoms with van der Waals surface area (Å²) in [6.07, 6.45) is 6.50. The third-order valence-electron chi connectivity index (χ3n) is 5.17. The number of carbonyl (C=O) groups is 2. The van der Waals surface area contributed by atoms with Gasteiger partial charge in [0.1, 0.15) is 17.2 Å². The Hall–Kier alpha value is -2.87. The molecule has 0 N–H and O–H groups in total. The topological polar surface area (TPSA) is 88.5 Å². The number of aromatic nitrogens is 3. The summed E-state index contributed by atoms with van der Waals surface area (Å²) in [7, 11) is 0. The van der Waals surface area contributed by atoms with Gasteiger partial charge in [0.25, 0.3) is 5.91 Å². The van der Waals surface area contributed by atoms with Crippen LogP contribution in [0.4, 0.5) is 5.82 Å². The number of hydrogen-bond donors (Lipinski definition) is 0. The minimum atomic E-state index is -0.135. The number of hydrogen-bond acceptors (Lipinski definition) is 7. The van der Waals surface area contributed by atoms with Gasteiger partial charge in [-0.15, -0.1) is 0 Å². The van der Waals surface area contributed by atoms with Gasteiger partial charge in [0.2, 0.25) is 0 Å². The Bertz CT molecular complexity index is 839. The smallest absolute Gasteiger partial charge is 0.274 e. The first kappa shape index (κ1) is 18.5. The predicted molar refractivity (Wildman–Crippen MR) is 102 cm³/mol. The van der Waals surface area contributed by atoms with E-state index in [1.807, 2.05) is 11.0 Å². The molecule has 2 fully saturated rings. The minimum Gasteiger partial charge on any atom is -0.378 e. The van der Waals surface area contributed by atoms with Gasteiger partial charge < -0.3 is 14.5 Å². The van der Waals surface area contributed by atoms with Crippen molar-refractivity contribution in [3.05, 3.63) is 48.2 Å². The number of amides is 1. The first-order valence-electron chi connectivity index (χ1n) is 9.61. The van der Waals surface area contributed by atoms with Crippen LogP contribution in [-0.4, -0.2) is 70.9 Å². The number of ketones is 1. The van der Waals surface area contributed by atoms with Gasteiger partial charge >= 0.3 is 0 Å². The Labute approximate surface area is 163 Å². The maximum absolute atomic E-state index is 12.8. The molecular weight excluding hydrogens is 358 g/mol. The highest BCUT2D eigenvalue weighted by Gasteiger charge is 2.29. The Morgan fingerprint density at radius 3 is 2.71 bits per heavy atom. The van der Waals surface area contributed by atoms with Gasteiger partial charge in [-0.3, -0.25) is 19.6 Å². The van der Waals surface area contributed by atoms with Crippen molar-refractivity contribution in [2.45, 2.75) is 12.8 Å². The molecule has 0 spiro atoms. The number of Topliss-reactive ketones (excluding diaryl/α,β-unsaturated/α-hetero) is 1. The Morgan fingerprint density at radius 2 is 1.93 bits per heavy atom. The Morgan fingerprint density at radius 1 is 1.07 bits per heavy atom. The number of nitrogens with zero attached hydrogens (tertiary/aromatic N) is 5. The van der Waals surface area contributed by atoms with Crippen molar-refractivity contribution in [2.24, 2.45) is 5.92 Å². The largest absolute Gasteiger partial charge is 0.378 e. The van der Waals surface area contributed by atoms with E-state index in [2.05, 4.69) is 15.0 Å². The van der Waals surface area contributed by atoms with Crippen LogP contribution in [0, 0.1) is 5.92 Å². The monoisotopic (exact) mass is 381 g/mol. The lowest BCUT2D eigenvalue weighted by molar-refractivity contribution is 0.0298. The quantitative estimate of drug-likeness (QED) is 0.741. The standard InChI is InChI=1S/C20H23N5O3/c26-19(16-5-1-2-6-22-16)15-4-3-7-25(14-15)18-13-21-12-17(23-18)20(27)24-8-10-28-11-9-24/h1-2,5-6,12-13,15H,3-4,7-11,14H2. The van der Waals surface area contributed by atoms with E-state index < -0.39 is 0 Å². The van der Waals surface area contributed by atoms with E-state index in [0.29, 0.717) is 50.1 Å². The molecule has 1 amide bonds. The molecule has 146 valence electrons. The Kier molecular flexibility index (Phi) is 5.57. The number of anilines is 1. The van der Waals surface area contributed by atoms with Crippen molar-refractivity contribution >= 4 is 17.5 Å². The zero-order valence-corrected chi connectivity index (χ0v) is 15.7. The molecule has 0 radical (unpaired) electrons. The molecule has 1 atom stereocenters. The van der Waals surface area contributed by atoms with E-state index in [4.69, 9.17) is 4.74 Å². The second kappa shape index (κ2) is 8.43. The molecule has 2 aliphatic rings. The number of ether oxygens (including phenoxy) is 1. The van der Waals surface area contributed by atoms with Crippen LogP contribution < -0.4 is 4.90 Å². The molecule has 2 aromatic rings. The van der Waals surface area contributed by atoms with Gasteiger partial charge in [0, 0.05) is 38.3 Å². The molecule has 0 aromatic carbocycles. The summed E-state index contributed by atoms with van der Waals surface area (Å²) in [4.78, 5) is 42.2. The van der Waals surface area contributed by atoms with Crippen molar-refractivity contribution in [1.29, 1.82) is 0 Å². The van der Waals surface area contributed by atoms with Crippen LogP contribution in [0.2, 0.25) is 0 Å². The summed E-state index contributed by atoms with van der Waals surface area (Å²) < 4.78 is 5.30.